The summed E-state index contributed by atoms with van der Waals surface area (Å²) in [5.74, 6) is -0.558. The van der Waals surface area contributed by atoms with Crippen molar-refractivity contribution in [1.82, 2.24) is 5.32 Å². The maximum absolute atomic E-state index is 12.1. The second-order valence-corrected chi connectivity index (χ2v) is 17.1. The van der Waals surface area contributed by atoms with Gasteiger partial charge in [0.1, 0.15) is 12.7 Å². The summed E-state index contributed by atoms with van der Waals surface area (Å²) in [5.41, 5.74) is 0. The quantitative estimate of drug-likeness (QED) is 0.0239. The van der Waals surface area contributed by atoms with Gasteiger partial charge >= 0.3 is 13.8 Å². The van der Waals surface area contributed by atoms with Gasteiger partial charge in [-0.25, -0.2) is 4.57 Å². The Kier molecular flexibility index (Phi) is 43.5. The molecular formula is C49H88NO8P. The van der Waals surface area contributed by atoms with Crippen molar-refractivity contribution in [2.75, 3.05) is 26.4 Å². The fourth-order valence-corrected chi connectivity index (χ4v) is 7.12. The van der Waals surface area contributed by atoms with Crippen molar-refractivity contribution in [2.45, 2.75) is 213 Å². The van der Waals surface area contributed by atoms with Gasteiger partial charge < -0.3 is 20.1 Å². The molecule has 0 aromatic carbocycles. The van der Waals surface area contributed by atoms with Crippen molar-refractivity contribution in [3.05, 3.63) is 60.8 Å². The number of carbonyl (C=O) groups excluding carboxylic acids is 2. The SMILES string of the molecule is CC/C=C\C/C=C\C/C=C\C/C=C\CCCCC(=O)NCCOP(=O)(O)OCC(O)COC(=O)CCCCCCCCCCCCCCC/C=C/CCCCCCCC. The van der Waals surface area contributed by atoms with Crippen LogP contribution in [0.2, 0.25) is 0 Å². The van der Waals surface area contributed by atoms with Crippen LogP contribution in [0, 0.1) is 0 Å². The Morgan fingerprint density at radius 2 is 0.966 bits per heavy atom. The van der Waals surface area contributed by atoms with Crippen LogP contribution in [0.1, 0.15) is 206 Å². The van der Waals surface area contributed by atoms with Crippen LogP contribution >= 0.6 is 7.82 Å². The molecule has 10 heteroatoms. The molecule has 0 fully saturated rings. The van der Waals surface area contributed by atoms with Crippen molar-refractivity contribution in [3.8, 4) is 0 Å². The van der Waals surface area contributed by atoms with E-state index in [1.54, 1.807) is 0 Å². The van der Waals surface area contributed by atoms with Crippen molar-refractivity contribution in [1.29, 1.82) is 0 Å². The fourth-order valence-electron chi connectivity index (χ4n) is 6.37. The molecule has 59 heavy (non-hydrogen) atoms. The Bertz CT molecular complexity index is 1150. The summed E-state index contributed by atoms with van der Waals surface area (Å²) in [6.45, 7) is 3.39. The molecule has 1 amide bonds. The van der Waals surface area contributed by atoms with Crippen LogP contribution < -0.4 is 5.32 Å². The Balaban J connectivity index is 3.59. The highest BCUT2D eigenvalue weighted by Crippen LogP contribution is 2.42. The van der Waals surface area contributed by atoms with Crippen molar-refractivity contribution in [2.24, 2.45) is 0 Å². The molecule has 2 unspecified atom stereocenters. The number of esters is 1. The minimum atomic E-state index is -4.43. The number of hydrogen-bond donors (Lipinski definition) is 3. The molecule has 0 aromatic rings. The molecule has 0 aromatic heterocycles. The third kappa shape index (κ3) is 46.6. The maximum atomic E-state index is 12.1. The first-order valence-corrected chi connectivity index (χ1v) is 25.3. The van der Waals surface area contributed by atoms with Gasteiger partial charge in [0.2, 0.25) is 5.91 Å². The van der Waals surface area contributed by atoms with Gasteiger partial charge in [-0.3, -0.25) is 18.6 Å². The number of aliphatic hydroxyl groups excluding tert-OH is 1. The first-order chi connectivity index (χ1) is 28.8. The van der Waals surface area contributed by atoms with Crippen LogP contribution in [0.3, 0.4) is 0 Å². The first kappa shape index (κ1) is 56.7. The maximum Gasteiger partial charge on any atom is 0.472 e. The molecule has 0 aliphatic rings. The summed E-state index contributed by atoms with van der Waals surface area (Å²) < 4.78 is 26.9. The van der Waals surface area contributed by atoms with Gasteiger partial charge in [0.25, 0.3) is 0 Å². The lowest BCUT2D eigenvalue weighted by Crippen LogP contribution is -2.27. The Morgan fingerprint density at radius 1 is 0.542 bits per heavy atom. The van der Waals surface area contributed by atoms with Gasteiger partial charge in [0.15, 0.2) is 0 Å². The highest BCUT2D eigenvalue weighted by atomic mass is 31.2. The number of phosphoric acid groups is 1. The number of ether oxygens (including phenoxy) is 1. The first-order valence-electron chi connectivity index (χ1n) is 23.8. The number of carbonyl (C=O) groups is 2. The van der Waals surface area contributed by atoms with Crippen LogP contribution in [-0.2, 0) is 27.9 Å². The second kappa shape index (κ2) is 45.2. The largest absolute Gasteiger partial charge is 0.472 e. The number of amides is 1. The van der Waals surface area contributed by atoms with Gasteiger partial charge in [-0.05, 0) is 77.0 Å². The molecule has 0 saturated carbocycles. The van der Waals surface area contributed by atoms with Gasteiger partial charge in [0, 0.05) is 19.4 Å². The Hall–Kier alpha value is -2.29. The van der Waals surface area contributed by atoms with Crippen molar-refractivity contribution < 1.29 is 37.9 Å². The molecule has 0 rings (SSSR count). The third-order valence-electron chi connectivity index (χ3n) is 9.93. The Labute approximate surface area is 361 Å². The summed E-state index contributed by atoms with van der Waals surface area (Å²) >= 11 is 0. The highest BCUT2D eigenvalue weighted by Gasteiger charge is 2.23. The van der Waals surface area contributed by atoms with E-state index in [1.807, 2.05) is 0 Å². The molecule has 0 saturated heterocycles. The molecule has 2 atom stereocenters. The predicted molar refractivity (Wildman–Crippen MR) is 247 cm³/mol. The van der Waals surface area contributed by atoms with Crippen LogP contribution in [0.25, 0.3) is 0 Å². The zero-order chi connectivity index (χ0) is 43.2. The van der Waals surface area contributed by atoms with Crippen LogP contribution in [0.5, 0.6) is 0 Å². The van der Waals surface area contributed by atoms with E-state index in [0.717, 1.165) is 64.2 Å². The number of nitrogens with one attached hydrogen (secondary N) is 1. The lowest BCUT2D eigenvalue weighted by Gasteiger charge is -2.15. The molecule has 0 aliphatic carbocycles. The second-order valence-electron chi connectivity index (χ2n) is 15.7. The van der Waals surface area contributed by atoms with Crippen LogP contribution in [0.15, 0.2) is 60.8 Å². The van der Waals surface area contributed by atoms with Crippen molar-refractivity contribution >= 4 is 19.7 Å². The van der Waals surface area contributed by atoms with Gasteiger partial charge in [-0.2, -0.15) is 0 Å². The highest BCUT2D eigenvalue weighted by molar-refractivity contribution is 7.47. The van der Waals surface area contributed by atoms with E-state index in [4.69, 9.17) is 13.8 Å². The zero-order valence-electron chi connectivity index (χ0n) is 37.7. The average molecular weight is 850 g/mol. The summed E-state index contributed by atoms with van der Waals surface area (Å²) in [4.78, 5) is 34.0. The molecule has 0 bridgehead atoms. The molecule has 3 N–H and O–H groups in total. The van der Waals surface area contributed by atoms with Gasteiger partial charge in [0.05, 0.1) is 13.2 Å². The van der Waals surface area contributed by atoms with E-state index in [0.29, 0.717) is 6.42 Å². The lowest BCUT2D eigenvalue weighted by atomic mass is 10.0. The minimum absolute atomic E-state index is 0.0575. The predicted octanol–water partition coefficient (Wildman–Crippen LogP) is 13.7. The smallest absolute Gasteiger partial charge is 0.463 e. The summed E-state index contributed by atoms with van der Waals surface area (Å²) in [5, 5.41) is 12.7. The number of allylic oxidation sites excluding steroid dienone is 10. The Morgan fingerprint density at radius 3 is 1.49 bits per heavy atom. The van der Waals surface area contributed by atoms with Gasteiger partial charge in [-0.1, -0.05) is 177 Å². The number of rotatable bonds is 44. The molecule has 0 radical (unpaired) electrons. The average Bonchev–Trinajstić information content (AvgIpc) is 3.22. The van der Waals surface area contributed by atoms with E-state index in [1.165, 1.54) is 116 Å². The normalized spacial score (nSPS) is 13.8. The van der Waals surface area contributed by atoms with E-state index >= 15 is 0 Å². The summed E-state index contributed by atoms with van der Waals surface area (Å²) in [6, 6.07) is 0. The zero-order valence-corrected chi connectivity index (χ0v) is 38.6. The molecule has 342 valence electrons. The fraction of sp³-hybridized carbons (Fsp3) is 0.755. The number of hydrogen-bond acceptors (Lipinski definition) is 7. The van der Waals surface area contributed by atoms with Crippen LogP contribution in [-0.4, -0.2) is 54.3 Å². The topological polar surface area (TPSA) is 131 Å². The van der Waals surface area contributed by atoms with E-state index in [-0.39, 0.29) is 32.1 Å². The van der Waals surface area contributed by atoms with Gasteiger partial charge in [-0.15, -0.1) is 0 Å². The summed E-state index contributed by atoms with van der Waals surface area (Å²) in [7, 11) is -4.43. The molecule has 0 spiro atoms. The van der Waals surface area contributed by atoms with E-state index in [9.17, 15) is 24.2 Å². The number of aliphatic hydroxyl groups is 1. The molecule has 0 aliphatic heterocycles. The third-order valence-corrected chi connectivity index (χ3v) is 10.9. The van der Waals surface area contributed by atoms with E-state index < -0.39 is 26.5 Å². The lowest BCUT2D eigenvalue weighted by molar-refractivity contribution is -0.147. The molecular weight excluding hydrogens is 762 g/mol. The molecule has 0 heterocycles. The summed E-state index contributed by atoms with van der Waals surface area (Å²) in [6.07, 6.45) is 54.5. The monoisotopic (exact) mass is 850 g/mol. The molecule has 9 nitrogen and oxygen atoms in total. The van der Waals surface area contributed by atoms with Crippen molar-refractivity contribution in [3.63, 3.8) is 0 Å². The minimum Gasteiger partial charge on any atom is -0.463 e. The van der Waals surface area contributed by atoms with Crippen LogP contribution in [0.4, 0.5) is 0 Å². The van der Waals surface area contributed by atoms with E-state index in [2.05, 4.69) is 79.9 Å². The standard InChI is InChI=1S/C49H88NO8P/c1-3-5-7-9-11-13-15-17-19-20-21-22-23-24-25-26-28-30-32-34-36-38-40-42-49(53)56-45-47(51)46-58-59(54,55)57-44-43-50-48(52)41-39-37-35-33-31-29-27-18-16-14-12-10-8-6-4-2/h6,8,12,14,17-19,27,31,33,47,51H,3-5,7,9-11,13,15-16,20-26,28-30,32,34-46H2,1-2H3,(H,50,52)(H,54,55)/b8-6-,14-12-,19-17+,27-18-,33-31-. The number of phosphoric ester groups is 1. The number of unbranched alkanes of at least 4 members (excludes halogenated alkanes) is 21.